The molecule has 1 aliphatic rings. The molecule has 4 heteroatoms. The third-order valence-corrected chi connectivity index (χ3v) is 3.46. The van der Waals surface area contributed by atoms with Crippen molar-refractivity contribution in [2.45, 2.75) is 26.3 Å². The molecular formula is C13H16N4. The molecule has 0 bridgehead atoms. The van der Waals surface area contributed by atoms with Crippen LogP contribution < -0.4 is 5.32 Å². The summed E-state index contributed by atoms with van der Waals surface area (Å²) in [5.74, 6) is 1.16. The topological polar surface area (TPSA) is 42.7 Å². The van der Waals surface area contributed by atoms with Crippen LogP contribution in [0, 0.1) is 13.8 Å². The Morgan fingerprint density at radius 1 is 1.41 bits per heavy atom. The fourth-order valence-corrected chi connectivity index (χ4v) is 2.40. The maximum Gasteiger partial charge on any atom is 0.128 e. The highest BCUT2D eigenvalue weighted by atomic mass is 15.4. The summed E-state index contributed by atoms with van der Waals surface area (Å²) < 4.78 is 2.10. The van der Waals surface area contributed by atoms with Gasteiger partial charge in [0.2, 0.25) is 0 Å². The monoisotopic (exact) mass is 228 g/mol. The molecule has 0 saturated heterocycles. The van der Waals surface area contributed by atoms with Crippen molar-refractivity contribution >= 4 is 5.82 Å². The largest absolute Gasteiger partial charge is 0.370 e. The second kappa shape index (κ2) is 3.87. The number of anilines is 1. The van der Waals surface area contributed by atoms with E-state index >= 15 is 0 Å². The summed E-state index contributed by atoms with van der Waals surface area (Å²) in [6, 6.07) is 4.42. The van der Waals surface area contributed by atoms with Crippen LogP contribution >= 0.6 is 0 Å². The lowest BCUT2D eigenvalue weighted by Crippen LogP contribution is -2.24. The third kappa shape index (κ3) is 1.60. The molecule has 0 aromatic carbocycles. The lowest BCUT2D eigenvalue weighted by molar-refractivity contribution is 0.478. The minimum atomic E-state index is 0.312. The Hall–Kier alpha value is -1.84. The Kier molecular flexibility index (Phi) is 2.35. The van der Waals surface area contributed by atoms with E-state index < -0.39 is 0 Å². The van der Waals surface area contributed by atoms with Crippen LogP contribution in [0.5, 0.6) is 0 Å². The molecule has 0 amide bonds. The van der Waals surface area contributed by atoms with Crippen molar-refractivity contribution in [1.82, 2.24) is 14.8 Å². The molecule has 0 spiro atoms. The van der Waals surface area contributed by atoms with Gasteiger partial charge in [0, 0.05) is 24.5 Å². The van der Waals surface area contributed by atoms with Crippen molar-refractivity contribution in [3.8, 4) is 0 Å². The Morgan fingerprint density at radius 3 is 3.06 bits per heavy atom. The first-order valence-corrected chi connectivity index (χ1v) is 5.97. The highest BCUT2D eigenvalue weighted by molar-refractivity contribution is 5.49. The van der Waals surface area contributed by atoms with Crippen molar-refractivity contribution in [3.05, 3.63) is 41.3 Å². The van der Waals surface area contributed by atoms with Gasteiger partial charge < -0.3 is 5.32 Å². The zero-order chi connectivity index (χ0) is 11.8. The van der Waals surface area contributed by atoms with Crippen LogP contribution in [-0.2, 0) is 0 Å². The summed E-state index contributed by atoms with van der Waals surface area (Å²) in [5, 5.41) is 8.07. The quantitative estimate of drug-likeness (QED) is 0.814. The highest BCUT2D eigenvalue weighted by Gasteiger charge is 2.24. The number of hydrogen-bond donors (Lipinski definition) is 1. The first-order chi connectivity index (χ1) is 8.27. The molecule has 4 nitrogen and oxygen atoms in total. The normalized spacial score (nSPS) is 18.6. The van der Waals surface area contributed by atoms with Crippen molar-refractivity contribution < 1.29 is 0 Å². The second-order valence-corrected chi connectivity index (χ2v) is 4.52. The van der Waals surface area contributed by atoms with Gasteiger partial charge in [0.05, 0.1) is 11.7 Å². The van der Waals surface area contributed by atoms with E-state index in [-0.39, 0.29) is 0 Å². The van der Waals surface area contributed by atoms with E-state index in [1.807, 2.05) is 18.5 Å². The Morgan fingerprint density at radius 2 is 2.29 bits per heavy atom. The van der Waals surface area contributed by atoms with Crippen LogP contribution in [0.4, 0.5) is 5.82 Å². The Balaban J connectivity index is 2.09. The number of hydrogen-bond acceptors (Lipinski definition) is 3. The van der Waals surface area contributed by atoms with E-state index in [1.54, 1.807) is 0 Å². The zero-order valence-electron chi connectivity index (χ0n) is 10.1. The van der Waals surface area contributed by atoms with E-state index in [1.165, 1.54) is 11.1 Å². The van der Waals surface area contributed by atoms with E-state index in [2.05, 4.69) is 40.0 Å². The number of nitrogens with one attached hydrogen (secondary N) is 1. The Bertz CT molecular complexity index is 530. The van der Waals surface area contributed by atoms with E-state index in [0.29, 0.717) is 6.04 Å². The third-order valence-electron chi connectivity index (χ3n) is 3.46. The van der Waals surface area contributed by atoms with Gasteiger partial charge in [-0.2, -0.15) is 5.10 Å². The minimum absolute atomic E-state index is 0.312. The smallest absolute Gasteiger partial charge is 0.128 e. The number of rotatable bonds is 1. The molecule has 0 saturated carbocycles. The molecular weight excluding hydrogens is 212 g/mol. The van der Waals surface area contributed by atoms with Gasteiger partial charge >= 0.3 is 0 Å². The van der Waals surface area contributed by atoms with Gasteiger partial charge in [-0.3, -0.25) is 4.98 Å². The predicted octanol–water partition coefficient (Wildman–Crippen LogP) is 2.30. The standard InChI is InChI=1S/C13H16N4/c1-9-10(2)16-17-12(5-7-15-13(9)17)11-4-3-6-14-8-11/h3-4,6,8,12,15H,5,7H2,1-2H3. The SMILES string of the molecule is Cc1nn2c(c1C)NCCC2c1cccnc1. The van der Waals surface area contributed by atoms with Gasteiger partial charge in [-0.05, 0) is 31.9 Å². The molecule has 0 radical (unpaired) electrons. The molecule has 0 fully saturated rings. The fraction of sp³-hybridized carbons (Fsp3) is 0.385. The lowest BCUT2D eigenvalue weighted by Gasteiger charge is -2.26. The van der Waals surface area contributed by atoms with Gasteiger partial charge in [0.25, 0.3) is 0 Å². The van der Waals surface area contributed by atoms with Gasteiger partial charge in [-0.1, -0.05) is 6.07 Å². The van der Waals surface area contributed by atoms with Crippen molar-refractivity contribution in [2.75, 3.05) is 11.9 Å². The summed E-state index contributed by atoms with van der Waals surface area (Å²) in [6.07, 6.45) is 4.80. The molecule has 1 unspecified atom stereocenters. The maximum absolute atomic E-state index is 4.63. The minimum Gasteiger partial charge on any atom is -0.370 e. The first-order valence-electron chi connectivity index (χ1n) is 5.97. The van der Waals surface area contributed by atoms with Crippen LogP contribution in [-0.4, -0.2) is 21.3 Å². The molecule has 2 aromatic rings. The number of nitrogens with zero attached hydrogens (tertiary/aromatic N) is 3. The number of aromatic nitrogens is 3. The molecule has 17 heavy (non-hydrogen) atoms. The number of aryl methyl sites for hydroxylation is 1. The zero-order valence-corrected chi connectivity index (χ0v) is 10.1. The van der Waals surface area contributed by atoms with Gasteiger partial charge in [-0.25, -0.2) is 4.68 Å². The van der Waals surface area contributed by atoms with Crippen LogP contribution in [0.3, 0.4) is 0 Å². The number of fused-ring (bicyclic) bond motifs is 1. The summed E-state index contributed by atoms with van der Waals surface area (Å²) in [6.45, 7) is 5.17. The van der Waals surface area contributed by atoms with Crippen molar-refractivity contribution in [1.29, 1.82) is 0 Å². The van der Waals surface area contributed by atoms with Crippen molar-refractivity contribution in [2.24, 2.45) is 0 Å². The highest BCUT2D eigenvalue weighted by Crippen LogP contribution is 2.31. The summed E-state index contributed by atoms with van der Waals surface area (Å²) >= 11 is 0. The summed E-state index contributed by atoms with van der Waals surface area (Å²) in [5.41, 5.74) is 3.58. The van der Waals surface area contributed by atoms with Crippen LogP contribution in [0.1, 0.15) is 29.3 Å². The van der Waals surface area contributed by atoms with Crippen LogP contribution in [0.25, 0.3) is 0 Å². The molecule has 3 rings (SSSR count). The molecule has 2 aromatic heterocycles. The number of pyridine rings is 1. The average molecular weight is 228 g/mol. The van der Waals surface area contributed by atoms with Gasteiger partial charge in [0.1, 0.15) is 5.82 Å². The average Bonchev–Trinajstić information content (AvgIpc) is 2.67. The fourth-order valence-electron chi connectivity index (χ4n) is 2.40. The lowest BCUT2D eigenvalue weighted by atomic mass is 10.0. The Labute approximate surface area is 101 Å². The van der Waals surface area contributed by atoms with Crippen LogP contribution in [0.15, 0.2) is 24.5 Å². The predicted molar refractivity (Wildman–Crippen MR) is 67.2 cm³/mol. The van der Waals surface area contributed by atoms with Gasteiger partial charge in [-0.15, -0.1) is 0 Å². The van der Waals surface area contributed by atoms with E-state index in [0.717, 1.165) is 24.5 Å². The van der Waals surface area contributed by atoms with Gasteiger partial charge in [0.15, 0.2) is 0 Å². The van der Waals surface area contributed by atoms with E-state index in [9.17, 15) is 0 Å². The summed E-state index contributed by atoms with van der Waals surface area (Å²) in [7, 11) is 0. The molecule has 3 heterocycles. The van der Waals surface area contributed by atoms with Crippen molar-refractivity contribution in [3.63, 3.8) is 0 Å². The summed E-state index contributed by atoms with van der Waals surface area (Å²) in [4.78, 5) is 4.20. The molecule has 1 N–H and O–H groups in total. The first kappa shape index (κ1) is 10.3. The second-order valence-electron chi connectivity index (χ2n) is 4.52. The van der Waals surface area contributed by atoms with E-state index in [4.69, 9.17) is 0 Å². The molecule has 0 aliphatic carbocycles. The van der Waals surface area contributed by atoms with Crippen LogP contribution in [0.2, 0.25) is 0 Å². The molecule has 1 atom stereocenters. The molecule has 1 aliphatic heterocycles. The molecule has 88 valence electrons. The maximum atomic E-state index is 4.63.